The number of rotatable bonds is 3. The number of nitrogens with zero attached hydrogens (tertiary/aromatic N) is 1. The molecule has 11 heavy (non-hydrogen) atoms. The molecule has 0 N–H and O–H groups in total. The fourth-order valence-corrected chi connectivity index (χ4v) is 1.50. The number of hydrogen-bond acceptors (Lipinski definition) is 4. The summed E-state index contributed by atoms with van der Waals surface area (Å²) in [7, 11) is 1.57. The van der Waals surface area contributed by atoms with Gasteiger partial charge in [0.2, 0.25) is 0 Å². The fraction of sp³-hybridized carbons (Fsp3) is 0.429. The Morgan fingerprint density at radius 1 is 1.82 bits per heavy atom. The summed E-state index contributed by atoms with van der Waals surface area (Å²) >= 11 is 1.41. The van der Waals surface area contributed by atoms with Crippen LogP contribution in [0, 0.1) is 0 Å². The SMILES string of the molecule is COc1ncc(CC(C)=O)s1. The van der Waals surface area contributed by atoms with E-state index in [4.69, 9.17) is 4.74 Å². The third kappa shape index (κ3) is 2.31. The zero-order chi connectivity index (χ0) is 8.27. The molecule has 1 aromatic heterocycles. The molecule has 0 saturated heterocycles. The maximum Gasteiger partial charge on any atom is 0.273 e. The smallest absolute Gasteiger partial charge is 0.273 e. The second-order valence-corrected chi connectivity index (χ2v) is 3.25. The molecule has 0 aliphatic rings. The van der Waals surface area contributed by atoms with Gasteiger partial charge in [-0.2, -0.15) is 0 Å². The molecule has 1 heterocycles. The topological polar surface area (TPSA) is 39.2 Å². The van der Waals surface area contributed by atoms with Crippen LogP contribution < -0.4 is 4.74 Å². The largest absolute Gasteiger partial charge is 0.473 e. The Balaban J connectivity index is 2.65. The highest BCUT2D eigenvalue weighted by Crippen LogP contribution is 2.19. The average molecular weight is 171 g/mol. The highest BCUT2D eigenvalue weighted by Gasteiger charge is 2.02. The van der Waals surface area contributed by atoms with Gasteiger partial charge in [0, 0.05) is 17.5 Å². The Labute approximate surface area is 69.0 Å². The van der Waals surface area contributed by atoms with Crippen LogP contribution in [0.2, 0.25) is 0 Å². The summed E-state index contributed by atoms with van der Waals surface area (Å²) in [6.45, 7) is 1.56. The molecule has 0 saturated carbocycles. The molecule has 0 spiro atoms. The van der Waals surface area contributed by atoms with Crippen LogP contribution in [0.1, 0.15) is 11.8 Å². The number of methoxy groups -OCH3 is 1. The summed E-state index contributed by atoms with van der Waals surface area (Å²) in [6, 6.07) is 0. The standard InChI is InChI=1S/C7H9NO2S/c1-5(9)3-6-4-8-7(10-2)11-6/h4H,3H2,1-2H3. The number of Topliss-reactive ketones (excluding diaryl/α,β-unsaturated/α-hetero) is 1. The van der Waals surface area contributed by atoms with E-state index in [2.05, 4.69) is 4.98 Å². The highest BCUT2D eigenvalue weighted by molar-refractivity contribution is 7.13. The van der Waals surface area contributed by atoms with Gasteiger partial charge in [-0.25, -0.2) is 4.98 Å². The van der Waals surface area contributed by atoms with E-state index in [0.29, 0.717) is 11.6 Å². The van der Waals surface area contributed by atoms with Gasteiger partial charge in [-0.1, -0.05) is 11.3 Å². The lowest BCUT2D eigenvalue weighted by Crippen LogP contribution is -1.92. The summed E-state index contributed by atoms with van der Waals surface area (Å²) in [5.74, 6) is 0.149. The summed E-state index contributed by atoms with van der Waals surface area (Å²) in [4.78, 5) is 15.5. The minimum absolute atomic E-state index is 0.149. The van der Waals surface area contributed by atoms with Crippen molar-refractivity contribution in [2.75, 3.05) is 7.11 Å². The van der Waals surface area contributed by atoms with E-state index < -0.39 is 0 Å². The number of thiazole rings is 1. The van der Waals surface area contributed by atoms with Crippen LogP contribution in [0.3, 0.4) is 0 Å². The monoisotopic (exact) mass is 171 g/mol. The van der Waals surface area contributed by atoms with Crippen LogP contribution in [-0.2, 0) is 11.2 Å². The van der Waals surface area contributed by atoms with Gasteiger partial charge in [-0.3, -0.25) is 4.79 Å². The van der Waals surface area contributed by atoms with Gasteiger partial charge in [0.05, 0.1) is 7.11 Å². The highest BCUT2D eigenvalue weighted by atomic mass is 32.1. The molecule has 0 fully saturated rings. The first-order valence-corrected chi connectivity index (χ1v) is 4.02. The van der Waals surface area contributed by atoms with Crippen LogP contribution in [0.4, 0.5) is 0 Å². The zero-order valence-corrected chi connectivity index (χ0v) is 7.27. The van der Waals surface area contributed by atoms with Crippen LogP contribution in [-0.4, -0.2) is 17.9 Å². The second-order valence-electron chi connectivity index (χ2n) is 2.18. The van der Waals surface area contributed by atoms with Crippen molar-refractivity contribution in [2.45, 2.75) is 13.3 Å². The third-order valence-corrected chi connectivity index (χ3v) is 2.09. The molecule has 4 heteroatoms. The van der Waals surface area contributed by atoms with Crippen molar-refractivity contribution in [1.82, 2.24) is 4.98 Å². The van der Waals surface area contributed by atoms with E-state index in [-0.39, 0.29) is 5.78 Å². The van der Waals surface area contributed by atoms with Crippen molar-refractivity contribution in [3.8, 4) is 5.19 Å². The second kappa shape index (κ2) is 3.48. The maximum absolute atomic E-state index is 10.6. The maximum atomic E-state index is 10.6. The Morgan fingerprint density at radius 3 is 3.00 bits per heavy atom. The van der Waals surface area contributed by atoms with Gasteiger partial charge in [-0.05, 0) is 6.92 Å². The van der Waals surface area contributed by atoms with E-state index in [1.165, 1.54) is 11.3 Å². The van der Waals surface area contributed by atoms with E-state index in [9.17, 15) is 4.79 Å². The molecule has 1 aromatic rings. The Bertz CT molecular complexity index is 257. The van der Waals surface area contributed by atoms with E-state index in [0.717, 1.165) is 4.88 Å². The quantitative estimate of drug-likeness (QED) is 0.687. The number of carbonyl (C=O) groups excluding carboxylic acids is 1. The average Bonchev–Trinajstić information content (AvgIpc) is 2.34. The first kappa shape index (κ1) is 8.20. The zero-order valence-electron chi connectivity index (χ0n) is 6.46. The molecule has 60 valence electrons. The summed E-state index contributed by atoms with van der Waals surface area (Å²) in [5, 5.41) is 0.612. The Kier molecular flexibility index (Phi) is 2.59. The third-order valence-electron chi connectivity index (χ3n) is 1.13. The summed E-state index contributed by atoms with van der Waals surface area (Å²) in [6.07, 6.45) is 2.13. The van der Waals surface area contributed by atoms with Crippen molar-refractivity contribution in [3.63, 3.8) is 0 Å². The number of ketones is 1. The normalized spacial score (nSPS) is 9.64. The van der Waals surface area contributed by atoms with Crippen molar-refractivity contribution in [3.05, 3.63) is 11.1 Å². The predicted octanol–water partition coefficient (Wildman–Crippen LogP) is 1.28. The molecular weight excluding hydrogens is 162 g/mol. The summed E-state index contributed by atoms with van der Waals surface area (Å²) < 4.78 is 4.87. The lowest BCUT2D eigenvalue weighted by atomic mass is 10.3. The minimum atomic E-state index is 0.149. The first-order valence-electron chi connectivity index (χ1n) is 3.20. The molecule has 0 amide bonds. The number of aromatic nitrogens is 1. The molecular formula is C7H9NO2S. The fourth-order valence-electron chi connectivity index (χ4n) is 0.711. The van der Waals surface area contributed by atoms with Crippen molar-refractivity contribution >= 4 is 17.1 Å². The lowest BCUT2D eigenvalue weighted by molar-refractivity contribution is -0.116. The molecule has 1 rings (SSSR count). The molecule has 3 nitrogen and oxygen atoms in total. The van der Waals surface area contributed by atoms with Gasteiger partial charge >= 0.3 is 0 Å². The molecule has 0 bridgehead atoms. The molecule has 0 radical (unpaired) electrons. The van der Waals surface area contributed by atoms with Gasteiger partial charge in [0.1, 0.15) is 5.78 Å². The Morgan fingerprint density at radius 2 is 2.55 bits per heavy atom. The number of hydrogen-bond donors (Lipinski definition) is 0. The van der Waals surface area contributed by atoms with Crippen LogP contribution in [0.15, 0.2) is 6.20 Å². The number of ether oxygens (including phenoxy) is 1. The summed E-state index contributed by atoms with van der Waals surface area (Å²) in [5.41, 5.74) is 0. The van der Waals surface area contributed by atoms with E-state index >= 15 is 0 Å². The number of carbonyl (C=O) groups is 1. The van der Waals surface area contributed by atoms with E-state index in [1.54, 1.807) is 20.2 Å². The van der Waals surface area contributed by atoms with Gasteiger partial charge < -0.3 is 4.74 Å². The molecule has 0 aliphatic carbocycles. The van der Waals surface area contributed by atoms with Crippen LogP contribution >= 0.6 is 11.3 Å². The van der Waals surface area contributed by atoms with Crippen molar-refractivity contribution in [2.24, 2.45) is 0 Å². The van der Waals surface area contributed by atoms with Crippen LogP contribution in [0.25, 0.3) is 0 Å². The van der Waals surface area contributed by atoms with Crippen molar-refractivity contribution in [1.29, 1.82) is 0 Å². The molecule has 0 atom stereocenters. The van der Waals surface area contributed by atoms with E-state index in [1.807, 2.05) is 0 Å². The lowest BCUT2D eigenvalue weighted by Gasteiger charge is -1.88. The predicted molar refractivity (Wildman–Crippen MR) is 43.1 cm³/mol. The van der Waals surface area contributed by atoms with Gasteiger partial charge in [-0.15, -0.1) is 0 Å². The first-order chi connectivity index (χ1) is 5.22. The molecule has 0 aliphatic heterocycles. The Hall–Kier alpha value is -0.900. The van der Waals surface area contributed by atoms with Crippen LogP contribution in [0.5, 0.6) is 5.19 Å². The van der Waals surface area contributed by atoms with Gasteiger partial charge in [0.25, 0.3) is 5.19 Å². The van der Waals surface area contributed by atoms with Gasteiger partial charge in [0.15, 0.2) is 0 Å². The minimum Gasteiger partial charge on any atom is -0.473 e. The van der Waals surface area contributed by atoms with Crippen molar-refractivity contribution < 1.29 is 9.53 Å². The molecule has 0 unspecified atom stereocenters. The molecule has 0 aromatic carbocycles.